The van der Waals surface area contributed by atoms with E-state index in [1.165, 1.54) is 6.42 Å². The first kappa shape index (κ1) is 23.3. The fourth-order valence-electron chi connectivity index (χ4n) is 3.92. The fourth-order valence-corrected chi connectivity index (χ4v) is 4.05. The van der Waals surface area contributed by atoms with Gasteiger partial charge in [0.05, 0.1) is 17.9 Å². The molecule has 2 aromatic rings. The first-order valence-corrected chi connectivity index (χ1v) is 11.5. The lowest BCUT2D eigenvalue weighted by atomic mass is 9.88. The number of nitrogens with zero attached hydrogens (tertiary/aromatic N) is 3. The average molecular weight is 445 g/mol. The highest BCUT2D eigenvalue weighted by Gasteiger charge is 2.27. The van der Waals surface area contributed by atoms with Crippen LogP contribution in [-0.4, -0.2) is 39.6 Å². The third-order valence-corrected chi connectivity index (χ3v) is 6.05. The van der Waals surface area contributed by atoms with Crippen molar-refractivity contribution in [2.75, 3.05) is 18.4 Å². The van der Waals surface area contributed by atoms with E-state index in [9.17, 15) is 9.59 Å². The number of halogens is 1. The van der Waals surface area contributed by atoms with Gasteiger partial charge < -0.3 is 10.2 Å². The summed E-state index contributed by atoms with van der Waals surface area (Å²) < 4.78 is 1.72. The first-order chi connectivity index (χ1) is 14.7. The monoisotopic (exact) mass is 444 g/mol. The molecule has 1 aromatic heterocycles. The molecule has 1 saturated carbocycles. The van der Waals surface area contributed by atoms with Crippen LogP contribution in [0.4, 0.5) is 5.82 Å². The molecule has 31 heavy (non-hydrogen) atoms. The van der Waals surface area contributed by atoms with Gasteiger partial charge in [-0.05, 0) is 44.0 Å². The Morgan fingerprint density at radius 1 is 1.16 bits per heavy atom. The first-order valence-electron chi connectivity index (χ1n) is 11.1. The Morgan fingerprint density at radius 3 is 2.39 bits per heavy atom. The number of aromatic nitrogens is 2. The molecule has 2 amide bonds. The lowest BCUT2D eigenvalue weighted by Gasteiger charge is -2.28. The van der Waals surface area contributed by atoms with Gasteiger partial charge in [-0.25, -0.2) is 4.68 Å². The van der Waals surface area contributed by atoms with Crippen molar-refractivity contribution in [1.29, 1.82) is 0 Å². The van der Waals surface area contributed by atoms with E-state index in [2.05, 4.69) is 26.1 Å². The molecule has 1 aliphatic carbocycles. The molecule has 0 bridgehead atoms. The number of nitrogens with one attached hydrogen (secondary N) is 1. The summed E-state index contributed by atoms with van der Waals surface area (Å²) in [6, 6.07) is 9.21. The molecule has 1 fully saturated rings. The van der Waals surface area contributed by atoms with Gasteiger partial charge in [-0.3, -0.25) is 9.59 Å². The van der Waals surface area contributed by atoms with Crippen LogP contribution in [0.1, 0.15) is 65.5 Å². The number of carbonyl (C=O) groups is 2. The number of benzene rings is 1. The molecule has 7 heteroatoms. The van der Waals surface area contributed by atoms with Crippen LogP contribution in [-0.2, 0) is 15.0 Å². The average Bonchev–Trinajstić information content (AvgIpc) is 3.17. The van der Waals surface area contributed by atoms with Gasteiger partial charge in [-0.2, -0.15) is 5.10 Å². The van der Waals surface area contributed by atoms with E-state index >= 15 is 0 Å². The highest BCUT2D eigenvalue weighted by atomic mass is 35.5. The lowest BCUT2D eigenvalue weighted by Crippen LogP contribution is -2.41. The maximum atomic E-state index is 12.9. The standard InChI is InChI=1S/C24H33ClN4O2/c1-5-28(23(31)17-9-7-6-8-10-17)16-22(30)26-21-15-20(24(2,3)4)27-29(21)19-13-11-18(25)12-14-19/h11-15,17H,5-10,16H2,1-4H3,(H,26,30). The number of amides is 2. The number of rotatable bonds is 6. The van der Waals surface area contributed by atoms with E-state index in [1.807, 2.05) is 25.1 Å². The van der Waals surface area contributed by atoms with Crippen molar-refractivity contribution in [2.24, 2.45) is 5.92 Å². The van der Waals surface area contributed by atoms with E-state index in [0.717, 1.165) is 37.1 Å². The second kappa shape index (κ2) is 9.86. The summed E-state index contributed by atoms with van der Waals surface area (Å²) in [7, 11) is 0. The summed E-state index contributed by atoms with van der Waals surface area (Å²) in [5.41, 5.74) is 1.49. The molecule has 168 valence electrons. The van der Waals surface area contributed by atoms with Crippen molar-refractivity contribution in [1.82, 2.24) is 14.7 Å². The van der Waals surface area contributed by atoms with Crippen molar-refractivity contribution >= 4 is 29.2 Å². The van der Waals surface area contributed by atoms with E-state index < -0.39 is 0 Å². The third kappa shape index (κ3) is 5.88. The summed E-state index contributed by atoms with van der Waals surface area (Å²) in [6.07, 6.45) is 5.23. The molecular formula is C24H33ClN4O2. The Morgan fingerprint density at radius 2 is 1.81 bits per heavy atom. The summed E-state index contributed by atoms with van der Waals surface area (Å²) in [5.74, 6) is 0.507. The molecule has 0 spiro atoms. The maximum Gasteiger partial charge on any atom is 0.245 e. The number of hydrogen-bond acceptors (Lipinski definition) is 3. The molecule has 1 heterocycles. The van der Waals surface area contributed by atoms with Crippen LogP contribution in [0.3, 0.4) is 0 Å². The quantitative estimate of drug-likeness (QED) is 0.666. The minimum atomic E-state index is -0.221. The molecular weight excluding hydrogens is 412 g/mol. The van der Waals surface area contributed by atoms with Gasteiger partial charge >= 0.3 is 0 Å². The van der Waals surface area contributed by atoms with Gasteiger partial charge in [0.1, 0.15) is 5.82 Å². The smallest absolute Gasteiger partial charge is 0.245 e. The van der Waals surface area contributed by atoms with Gasteiger partial charge in [-0.1, -0.05) is 51.6 Å². The van der Waals surface area contributed by atoms with Crippen LogP contribution < -0.4 is 5.32 Å². The van der Waals surface area contributed by atoms with E-state index in [0.29, 0.717) is 17.4 Å². The largest absolute Gasteiger partial charge is 0.333 e. The van der Waals surface area contributed by atoms with Crippen LogP contribution in [0.15, 0.2) is 30.3 Å². The van der Waals surface area contributed by atoms with E-state index in [-0.39, 0.29) is 29.7 Å². The molecule has 1 aromatic carbocycles. The van der Waals surface area contributed by atoms with Crippen LogP contribution in [0.2, 0.25) is 5.02 Å². The summed E-state index contributed by atoms with van der Waals surface area (Å²) >= 11 is 6.03. The molecule has 1 N–H and O–H groups in total. The second-order valence-electron chi connectivity index (χ2n) is 9.29. The Hall–Kier alpha value is -2.34. The summed E-state index contributed by atoms with van der Waals surface area (Å²) in [5, 5.41) is 8.33. The van der Waals surface area contributed by atoms with Crippen LogP contribution >= 0.6 is 11.6 Å². The van der Waals surface area contributed by atoms with Gasteiger partial charge in [0, 0.05) is 29.0 Å². The van der Waals surface area contributed by atoms with Crippen molar-refractivity contribution in [2.45, 2.75) is 65.2 Å². The Bertz CT molecular complexity index is 909. The van der Waals surface area contributed by atoms with Crippen molar-refractivity contribution < 1.29 is 9.59 Å². The Balaban J connectivity index is 1.78. The Labute approximate surface area is 190 Å². The van der Waals surface area contributed by atoms with Gasteiger partial charge in [0.15, 0.2) is 0 Å². The zero-order valence-corrected chi connectivity index (χ0v) is 19.7. The lowest BCUT2D eigenvalue weighted by molar-refractivity contribution is -0.139. The molecule has 0 saturated heterocycles. The third-order valence-electron chi connectivity index (χ3n) is 5.80. The zero-order chi connectivity index (χ0) is 22.6. The molecule has 6 nitrogen and oxygen atoms in total. The number of anilines is 1. The van der Waals surface area contributed by atoms with Crippen molar-refractivity contribution in [3.05, 3.63) is 41.0 Å². The second-order valence-corrected chi connectivity index (χ2v) is 9.72. The molecule has 0 atom stereocenters. The topological polar surface area (TPSA) is 67.2 Å². The predicted octanol–water partition coefficient (Wildman–Crippen LogP) is 5.19. The van der Waals surface area contributed by atoms with Gasteiger partial charge in [-0.15, -0.1) is 0 Å². The number of likely N-dealkylation sites (N-methyl/N-ethyl adjacent to an activating group) is 1. The molecule has 1 aliphatic rings. The van der Waals surface area contributed by atoms with Crippen molar-refractivity contribution in [3.63, 3.8) is 0 Å². The zero-order valence-electron chi connectivity index (χ0n) is 18.9. The highest BCUT2D eigenvalue weighted by Crippen LogP contribution is 2.28. The van der Waals surface area contributed by atoms with Crippen LogP contribution in [0, 0.1) is 5.92 Å². The molecule has 0 unspecified atom stereocenters. The van der Waals surface area contributed by atoms with E-state index in [1.54, 1.807) is 21.7 Å². The molecule has 0 aliphatic heterocycles. The van der Waals surface area contributed by atoms with Crippen LogP contribution in [0.5, 0.6) is 0 Å². The summed E-state index contributed by atoms with van der Waals surface area (Å²) in [6.45, 7) is 8.72. The molecule has 0 radical (unpaired) electrons. The van der Waals surface area contributed by atoms with Gasteiger partial charge in [0.25, 0.3) is 0 Å². The Kier molecular flexibility index (Phi) is 7.42. The predicted molar refractivity (Wildman–Crippen MR) is 125 cm³/mol. The van der Waals surface area contributed by atoms with Crippen LogP contribution in [0.25, 0.3) is 5.69 Å². The van der Waals surface area contributed by atoms with Crippen molar-refractivity contribution in [3.8, 4) is 5.69 Å². The highest BCUT2D eigenvalue weighted by molar-refractivity contribution is 6.30. The van der Waals surface area contributed by atoms with Gasteiger partial charge in [0.2, 0.25) is 11.8 Å². The SMILES string of the molecule is CCN(CC(=O)Nc1cc(C(C)(C)C)nn1-c1ccc(Cl)cc1)C(=O)C1CCCCC1. The number of hydrogen-bond donors (Lipinski definition) is 1. The molecule has 3 rings (SSSR count). The maximum absolute atomic E-state index is 12.9. The summed E-state index contributed by atoms with van der Waals surface area (Å²) in [4.78, 5) is 27.5. The fraction of sp³-hybridized carbons (Fsp3) is 0.542. The minimum absolute atomic E-state index is 0.0441. The van der Waals surface area contributed by atoms with E-state index in [4.69, 9.17) is 16.7 Å². The normalized spacial score (nSPS) is 15.0. The minimum Gasteiger partial charge on any atom is -0.333 e. The number of carbonyl (C=O) groups excluding carboxylic acids is 2.